The van der Waals surface area contributed by atoms with Gasteiger partial charge in [-0.15, -0.1) is 5.92 Å². The normalized spacial score (nSPS) is 13.5. The quantitative estimate of drug-likeness (QED) is 0.586. The first-order chi connectivity index (χ1) is 5.02. The zero-order valence-electron chi connectivity index (χ0n) is 8.19. The first-order valence-corrected chi connectivity index (χ1v) is 5.27. The van der Waals surface area contributed by atoms with Gasteiger partial charge < -0.3 is 0 Å². The number of thioether (sulfide) groups is 1. The van der Waals surface area contributed by atoms with Gasteiger partial charge in [-0.2, -0.15) is 11.8 Å². The van der Waals surface area contributed by atoms with Gasteiger partial charge in [-0.25, -0.2) is 0 Å². The van der Waals surface area contributed by atoms with Crippen LogP contribution in [0.4, 0.5) is 0 Å². The maximum absolute atomic E-state index is 3.22. The van der Waals surface area contributed by atoms with Gasteiger partial charge in [0.25, 0.3) is 0 Å². The van der Waals surface area contributed by atoms with Crippen LogP contribution in [-0.2, 0) is 0 Å². The zero-order valence-corrected chi connectivity index (χ0v) is 9.01. The molecule has 0 bridgehead atoms. The molecule has 0 N–H and O–H groups in total. The molecule has 0 aromatic heterocycles. The lowest BCUT2D eigenvalue weighted by atomic mass is 9.89. The average Bonchev–Trinajstić information content (AvgIpc) is 1.86. The summed E-state index contributed by atoms with van der Waals surface area (Å²) in [5, 5.41) is 0.714. The van der Waals surface area contributed by atoms with Crippen molar-refractivity contribution in [3.8, 4) is 11.8 Å². The van der Waals surface area contributed by atoms with E-state index >= 15 is 0 Å². The van der Waals surface area contributed by atoms with E-state index in [4.69, 9.17) is 0 Å². The first kappa shape index (κ1) is 10.9. The maximum Gasteiger partial charge on any atom is 0.0268 e. The van der Waals surface area contributed by atoms with Crippen LogP contribution in [0.3, 0.4) is 0 Å². The predicted octanol–water partition coefficient (Wildman–Crippen LogP) is 3.18. The van der Waals surface area contributed by atoms with Crippen molar-refractivity contribution in [2.45, 2.75) is 39.4 Å². The summed E-state index contributed by atoms with van der Waals surface area (Å²) in [6.07, 6.45) is 3.33. The van der Waals surface area contributed by atoms with Gasteiger partial charge in [-0.1, -0.05) is 12.8 Å². The van der Waals surface area contributed by atoms with Crippen LogP contribution in [0.2, 0.25) is 0 Å². The van der Waals surface area contributed by atoms with Gasteiger partial charge >= 0.3 is 0 Å². The van der Waals surface area contributed by atoms with Gasteiger partial charge in [-0.3, -0.25) is 0 Å². The van der Waals surface area contributed by atoms with Gasteiger partial charge in [0.05, 0.1) is 0 Å². The Hall–Kier alpha value is -0.0900. The lowest BCUT2D eigenvalue weighted by Gasteiger charge is -2.20. The molecule has 0 nitrogen and oxygen atoms in total. The van der Waals surface area contributed by atoms with E-state index in [0.29, 0.717) is 5.25 Å². The largest absolute Gasteiger partial charge is 0.162 e. The Morgan fingerprint density at radius 3 is 2.36 bits per heavy atom. The minimum absolute atomic E-state index is 0.192. The molecule has 0 aromatic carbocycles. The van der Waals surface area contributed by atoms with Crippen LogP contribution in [0.5, 0.6) is 0 Å². The molecule has 11 heavy (non-hydrogen) atoms. The second-order valence-electron chi connectivity index (χ2n) is 3.51. The molecular weight excluding hydrogens is 152 g/mol. The summed E-state index contributed by atoms with van der Waals surface area (Å²) in [5.41, 5.74) is 0.192. The Morgan fingerprint density at radius 2 is 2.00 bits per heavy atom. The summed E-state index contributed by atoms with van der Waals surface area (Å²) in [6.45, 7) is 8.57. The molecule has 0 aliphatic carbocycles. The van der Waals surface area contributed by atoms with E-state index < -0.39 is 0 Å². The van der Waals surface area contributed by atoms with Crippen LogP contribution in [0.15, 0.2) is 0 Å². The van der Waals surface area contributed by atoms with Gasteiger partial charge in [0, 0.05) is 10.7 Å². The number of hydrogen-bond donors (Lipinski definition) is 0. The minimum atomic E-state index is 0.192. The molecule has 0 fully saturated rings. The highest BCUT2D eigenvalue weighted by atomic mass is 32.2. The number of rotatable bonds is 3. The van der Waals surface area contributed by atoms with E-state index in [-0.39, 0.29) is 5.41 Å². The van der Waals surface area contributed by atoms with Gasteiger partial charge in [-0.05, 0) is 33.4 Å². The van der Waals surface area contributed by atoms with E-state index in [0.717, 1.165) is 0 Å². The van der Waals surface area contributed by atoms with Crippen LogP contribution in [0.25, 0.3) is 0 Å². The SMILES string of the molecule is CC#CC(C)(C)CC(C)SC. The molecule has 1 unspecified atom stereocenters. The van der Waals surface area contributed by atoms with Crippen molar-refractivity contribution in [1.29, 1.82) is 0 Å². The van der Waals surface area contributed by atoms with E-state index in [1.165, 1.54) is 6.42 Å². The molecule has 0 spiro atoms. The van der Waals surface area contributed by atoms with Crippen LogP contribution in [0, 0.1) is 17.3 Å². The van der Waals surface area contributed by atoms with Crippen molar-refractivity contribution >= 4 is 11.8 Å². The highest BCUT2D eigenvalue weighted by Gasteiger charge is 2.17. The van der Waals surface area contributed by atoms with Crippen molar-refractivity contribution in [1.82, 2.24) is 0 Å². The smallest absolute Gasteiger partial charge is 0.0268 e. The summed E-state index contributed by atoms with van der Waals surface area (Å²) in [5.74, 6) is 6.20. The summed E-state index contributed by atoms with van der Waals surface area (Å²) in [7, 11) is 0. The Morgan fingerprint density at radius 1 is 1.45 bits per heavy atom. The lowest BCUT2D eigenvalue weighted by Crippen LogP contribution is -2.14. The third-order valence-electron chi connectivity index (χ3n) is 1.66. The topological polar surface area (TPSA) is 0 Å². The van der Waals surface area contributed by atoms with Gasteiger partial charge in [0.15, 0.2) is 0 Å². The average molecular weight is 170 g/mol. The molecule has 0 rings (SSSR count). The molecule has 0 aliphatic rings. The molecule has 0 radical (unpaired) electrons. The van der Waals surface area contributed by atoms with Crippen LogP contribution in [0.1, 0.15) is 34.1 Å². The second kappa shape index (κ2) is 4.72. The molecular formula is C10H18S. The molecule has 0 saturated heterocycles. The number of hydrogen-bond acceptors (Lipinski definition) is 1. The van der Waals surface area contributed by atoms with E-state index in [1.807, 2.05) is 18.7 Å². The zero-order chi connectivity index (χ0) is 8.91. The molecule has 1 atom stereocenters. The molecule has 0 heterocycles. The molecule has 0 amide bonds. The summed E-state index contributed by atoms with van der Waals surface area (Å²) < 4.78 is 0. The van der Waals surface area contributed by atoms with E-state index in [9.17, 15) is 0 Å². The van der Waals surface area contributed by atoms with Crippen molar-refractivity contribution < 1.29 is 0 Å². The van der Waals surface area contributed by atoms with Gasteiger partial charge in [0.2, 0.25) is 0 Å². The lowest BCUT2D eigenvalue weighted by molar-refractivity contribution is 0.458. The third kappa shape index (κ3) is 5.21. The summed E-state index contributed by atoms with van der Waals surface area (Å²) in [4.78, 5) is 0. The first-order valence-electron chi connectivity index (χ1n) is 3.98. The fourth-order valence-corrected chi connectivity index (χ4v) is 1.77. The van der Waals surface area contributed by atoms with E-state index in [1.54, 1.807) is 0 Å². The van der Waals surface area contributed by atoms with Crippen LogP contribution >= 0.6 is 11.8 Å². The molecule has 0 aromatic rings. The highest BCUT2D eigenvalue weighted by molar-refractivity contribution is 7.99. The van der Waals surface area contributed by atoms with Crippen molar-refractivity contribution in [3.63, 3.8) is 0 Å². The Balaban J connectivity index is 3.97. The fraction of sp³-hybridized carbons (Fsp3) is 0.800. The van der Waals surface area contributed by atoms with Crippen molar-refractivity contribution in [2.24, 2.45) is 5.41 Å². The Kier molecular flexibility index (Phi) is 4.68. The highest BCUT2D eigenvalue weighted by Crippen LogP contribution is 2.25. The van der Waals surface area contributed by atoms with Crippen LogP contribution in [-0.4, -0.2) is 11.5 Å². The van der Waals surface area contributed by atoms with Crippen molar-refractivity contribution in [3.05, 3.63) is 0 Å². The predicted molar refractivity (Wildman–Crippen MR) is 54.8 cm³/mol. The third-order valence-corrected chi connectivity index (χ3v) is 2.63. The van der Waals surface area contributed by atoms with Crippen LogP contribution < -0.4 is 0 Å². The molecule has 64 valence electrons. The van der Waals surface area contributed by atoms with E-state index in [2.05, 4.69) is 38.9 Å². The Labute approximate surface area is 75.1 Å². The molecule has 1 heteroatoms. The Bertz CT molecular complexity index is 159. The van der Waals surface area contributed by atoms with Gasteiger partial charge in [0.1, 0.15) is 0 Å². The molecule has 0 aliphatic heterocycles. The monoisotopic (exact) mass is 170 g/mol. The summed E-state index contributed by atoms with van der Waals surface area (Å²) >= 11 is 1.91. The summed E-state index contributed by atoms with van der Waals surface area (Å²) in [6, 6.07) is 0. The van der Waals surface area contributed by atoms with Crippen molar-refractivity contribution in [2.75, 3.05) is 6.26 Å². The fourth-order valence-electron chi connectivity index (χ4n) is 1.19. The second-order valence-corrected chi connectivity index (χ2v) is 4.79. The maximum atomic E-state index is 3.22. The minimum Gasteiger partial charge on any atom is -0.162 e. The molecule has 0 saturated carbocycles. The standard InChI is InChI=1S/C10H18S/c1-6-7-10(3,4)8-9(2)11-5/h9H,8H2,1-5H3.